The average molecular weight is 316 g/mol. The molecule has 0 aliphatic heterocycles. The lowest BCUT2D eigenvalue weighted by atomic mass is 10.0. The van der Waals surface area contributed by atoms with E-state index < -0.39 is 27.1 Å². The Balaban J connectivity index is 3.48. The summed E-state index contributed by atoms with van der Waals surface area (Å²) in [5, 5.41) is 9.66. The van der Waals surface area contributed by atoms with Gasteiger partial charge in [0.2, 0.25) is 0 Å². The molecule has 0 amide bonds. The first-order chi connectivity index (χ1) is 8.40. The topological polar surface area (TPSA) is 63.6 Å². The second kappa shape index (κ2) is 4.78. The number of hydrogen-bond donors (Lipinski definition) is 2. The maximum atomic E-state index is 12.3. The third-order valence-electron chi connectivity index (χ3n) is 2.65. The summed E-state index contributed by atoms with van der Waals surface area (Å²) >= 11 is 3.99. The number of thiol groups is 1. The lowest BCUT2D eigenvalue weighted by molar-refractivity contribution is -0.0500. The molecule has 0 unspecified atom stereocenters. The molecule has 0 atom stereocenters. The summed E-state index contributed by atoms with van der Waals surface area (Å²) in [6, 6.07) is 0. The quantitative estimate of drug-likeness (QED) is 0.500. The summed E-state index contributed by atoms with van der Waals surface area (Å²) in [7, 11) is -5.78. The Morgan fingerprint density at radius 3 is 2.00 bits per heavy atom. The number of phenols is 1. The Labute approximate surface area is 113 Å². The van der Waals surface area contributed by atoms with Crippen molar-refractivity contribution in [2.75, 3.05) is 0 Å². The molecule has 9 heteroatoms. The van der Waals surface area contributed by atoms with Gasteiger partial charge >= 0.3 is 15.6 Å². The number of rotatable bonds is 2. The van der Waals surface area contributed by atoms with E-state index in [2.05, 4.69) is 16.8 Å². The second-order valence-electron chi connectivity index (χ2n) is 3.88. The van der Waals surface area contributed by atoms with Crippen molar-refractivity contribution in [1.82, 2.24) is 0 Å². The van der Waals surface area contributed by atoms with Crippen molar-refractivity contribution in [3.05, 3.63) is 16.7 Å². The monoisotopic (exact) mass is 316 g/mol. The second-order valence-corrected chi connectivity index (χ2v) is 5.87. The predicted octanol–water partition coefficient (Wildman–Crippen LogP) is 2.83. The fourth-order valence-corrected chi connectivity index (χ4v) is 2.27. The van der Waals surface area contributed by atoms with Gasteiger partial charge in [0.25, 0.3) is 0 Å². The van der Waals surface area contributed by atoms with Gasteiger partial charge in [0.05, 0.1) is 0 Å². The van der Waals surface area contributed by atoms with Crippen LogP contribution >= 0.6 is 12.6 Å². The van der Waals surface area contributed by atoms with Gasteiger partial charge in [0.15, 0.2) is 5.75 Å². The van der Waals surface area contributed by atoms with Gasteiger partial charge in [-0.3, -0.25) is 0 Å². The molecule has 1 aromatic carbocycles. The van der Waals surface area contributed by atoms with Crippen LogP contribution in [-0.4, -0.2) is 19.0 Å². The lowest BCUT2D eigenvalue weighted by Gasteiger charge is -2.17. The predicted molar refractivity (Wildman–Crippen MR) is 65.2 cm³/mol. The van der Waals surface area contributed by atoms with Crippen molar-refractivity contribution in [3.8, 4) is 11.5 Å². The Kier molecular flexibility index (Phi) is 4.02. The van der Waals surface area contributed by atoms with Gasteiger partial charge in [0.1, 0.15) is 5.75 Å². The standard InChI is InChI=1S/C10H11F3O4S2/c1-4-5(2)9(18)7(14)6(3)8(4)17-19(15,16)10(11,12)13/h14,18H,1-3H3. The van der Waals surface area contributed by atoms with Gasteiger partial charge < -0.3 is 9.29 Å². The normalized spacial score (nSPS) is 12.6. The lowest BCUT2D eigenvalue weighted by Crippen LogP contribution is -2.28. The zero-order valence-electron chi connectivity index (χ0n) is 10.2. The summed E-state index contributed by atoms with van der Waals surface area (Å²) in [4.78, 5) is 0.159. The third kappa shape index (κ3) is 2.76. The highest BCUT2D eigenvalue weighted by atomic mass is 32.2. The molecule has 1 rings (SSSR count). The van der Waals surface area contributed by atoms with Crippen LogP contribution in [0.4, 0.5) is 13.2 Å². The smallest absolute Gasteiger partial charge is 0.506 e. The number of phenolic OH excluding ortho intramolecular Hbond substituents is 1. The first kappa shape index (κ1) is 16.0. The average Bonchev–Trinajstić information content (AvgIpc) is 2.28. The molecular formula is C10H11F3O4S2. The Bertz CT molecular complexity index is 592. The maximum Gasteiger partial charge on any atom is 0.534 e. The van der Waals surface area contributed by atoms with Crippen molar-refractivity contribution in [2.45, 2.75) is 31.2 Å². The zero-order chi connectivity index (χ0) is 15.2. The van der Waals surface area contributed by atoms with E-state index in [4.69, 9.17) is 0 Å². The molecule has 0 radical (unpaired) electrons. The highest BCUT2D eigenvalue weighted by Gasteiger charge is 2.49. The molecule has 108 valence electrons. The Hall–Kier alpha value is -1.09. The zero-order valence-corrected chi connectivity index (χ0v) is 11.9. The van der Waals surface area contributed by atoms with E-state index in [0.717, 1.165) is 0 Å². The van der Waals surface area contributed by atoms with Gasteiger partial charge in [-0.25, -0.2) is 0 Å². The molecular weight excluding hydrogens is 305 g/mol. The van der Waals surface area contributed by atoms with Crippen LogP contribution in [0.1, 0.15) is 16.7 Å². The fraction of sp³-hybridized carbons (Fsp3) is 0.400. The number of benzene rings is 1. The van der Waals surface area contributed by atoms with Crippen LogP contribution in [0.2, 0.25) is 0 Å². The van der Waals surface area contributed by atoms with Crippen molar-refractivity contribution in [1.29, 1.82) is 0 Å². The molecule has 0 spiro atoms. The molecule has 0 aromatic heterocycles. The Morgan fingerprint density at radius 2 is 1.58 bits per heavy atom. The molecule has 0 saturated heterocycles. The minimum absolute atomic E-state index is 0.124. The number of alkyl halides is 3. The number of halogens is 3. The van der Waals surface area contributed by atoms with E-state index in [1.165, 1.54) is 20.8 Å². The van der Waals surface area contributed by atoms with Crippen molar-refractivity contribution >= 4 is 22.7 Å². The van der Waals surface area contributed by atoms with Crippen LogP contribution in [0.25, 0.3) is 0 Å². The summed E-state index contributed by atoms with van der Waals surface area (Å²) in [6.07, 6.45) is 0. The van der Waals surface area contributed by atoms with E-state index in [1.54, 1.807) is 0 Å². The summed E-state index contributed by atoms with van der Waals surface area (Å²) in [6.45, 7) is 4.09. The van der Waals surface area contributed by atoms with Crippen LogP contribution in [-0.2, 0) is 10.1 Å². The minimum Gasteiger partial charge on any atom is -0.506 e. The van der Waals surface area contributed by atoms with Gasteiger partial charge in [-0.2, -0.15) is 21.6 Å². The summed E-state index contributed by atoms with van der Waals surface area (Å²) in [5.41, 5.74) is -5.16. The van der Waals surface area contributed by atoms with Crippen LogP contribution in [0.3, 0.4) is 0 Å². The first-order valence-electron chi connectivity index (χ1n) is 4.92. The van der Waals surface area contributed by atoms with E-state index in [0.29, 0.717) is 5.56 Å². The fourth-order valence-electron chi connectivity index (χ4n) is 1.37. The van der Waals surface area contributed by atoms with Crippen LogP contribution in [0, 0.1) is 20.8 Å². The molecule has 0 heterocycles. The maximum absolute atomic E-state index is 12.3. The Morgan fingerprint density at radius 1 is 1.11 bits per heavy atom. The highest BCUT2D eigenvalue weighted by molar-refractivity contribution is 7.88. The summed E-state index contributed by atoms with van der Waals surface area (Å²) in [5.74, 6) is -0.955. The van der Waals surface area contributed by atoms with Crippen LogP contribution in [0.15, 0.2) is 4.90 Å². The van der Waals surface area contributed by atoms with Crippen molar-refractivity contribution in [2.24, 2.45) is 0 Å². The highest BCUT2D eigenvalue weighted by Crippen LogP contribution is 2.41. The van der Waals surface area contributed by atoms with E-state index in [-0.39, 0.29) is 16.0 Å². The molecule has 19 heavy (non-hydrogen) atoms. The number of aromatic hydroxyl groups is 1. The molecule has 1 aromatic rings. The van der Waals surface area contributed by atoms with E-state index >= 15 is 0 Å². The van der Waals surface area contributed by atoms with Crippen LogP contribution in [0.5, 0.6) is 11.5 Å². The van der Waals surface area contributed by atoms with Gasteiger partial charge in [-0.05, 0) is 31.9 Å². The van der Waals surface area contributed by atoms with Gasteiger partial charge in [0, 0.05) is 10.5 Å². The third-order valence-corrected chi connectivity index (χ3v) is 4.16. The van der Waals surface area contributed by atoms with Crippen LogP contribution < -0.4 is 4.18 Å². The molecule has 0 fully saturated rings. The number of hydrogen-bond acceptors (Lipinski definition) is 5. The molecule has 0 saturated carbocycles. The van der Waals surface area contributed by atoms with Gasteiger partial charge in [-0.1, -0.05) is 0 Å². The van der Waals surface area contributed by atoms with E-state index in [9.17, 15) is 26.7 Å². The largest absolute Gasteiger partial charge is 0.534 e. The van der Waals surface area contributed by atoms with E-state index in [1.807, 2.05) is 0 Å². The molecule has 4 nitrogen and oxygen atoms in total. The first-order valence-corrected chi connectivity index (χ1v) is 6.78. The minimum atomic E-state index is -5.78. The molecule has 0 aliphatic carbocycles. The molecule has 0 aliphatic rings. The van der Waals surface area contributed by atoms with Crippen molar-refractivity contribution in [3.63, 3.8) is 0 Å². The molecule has 1 N–H and O–H groups in total. The van der Waals surface area contributed by atoms with Gasteiger partial charge in [-0.15, -0.1) is 12.6 Å². The molecule has 0 bridgehead atoms. The SMILES string of the molecule is Cc1c(C)c(OS(=O)(=O)C(F)(F)F)c(C)c(O)c1S. The summed E-state index contributed by atoms with van der Waals surface area (Å²) < 4.78 is 62.9. The van der Waals surface area contributed by atoms with Crippen molar-refractivity contribution < 1.29 is 30.9 Å².